The summed E-state index contributed by atoms with van der Waals surface area (Å²) in [4.78, 5) is 10.8. The van der Waals surface area contributed by atoms with Crippen LogP contribution in [0, 0.1) is 0 Å². The third-order valence-corrected chi connectivity index (χ3v) is 2.77. The Labute approximate surface area is 83.0 Å². The molecule has 0 spiro atoms. The van der Waals surface area contributed by atoms with Crippen molar-refractivity contribution in [2.24, 2.45) is 0 Å². The molecule has 3 nitrogen and oxygen atoms in total. The molecule has 0 aliphatic carbocycles. The van der Waals surface area contributed by atoms with Crippen LogP contribution in [0.15, 0.2) is 0 Å². The molecule has 0 aromatic heterocycles. The highest BCUT2D eigenvalue weighted by molar-refractivity contribution is 7.99. The fraction of sp³-hybridized carbons (Fsp3) is 0.857. The fourth-order valence-corrected chi connectivity index (χ4v) is 1.98. The molecule has 1 unspecified atom stereocenters. The summed E-state index contributed by atoms with van der Waals surface area (Å²) in [6.45, 7) is 1.01. The van der Waals surface area contributed by atoms with Crippen molar-refractivity contribution in [3.05, 3.63) is 0 Å². The monoisotopic (exact) mass is 211 g/mol. The molecule has 0 aromatic carbocycles. The molecule has 1 aliphatic heterocycles. The summed E-state index contributed by atoms with van der Waals surface area (Å²) >= 11 is 1.89. The quantitative estimate of drug-likeness (QED) is 0.682. The Balaban J connectivity index is 0.00000121. The van der Waals surface area contributed by atoms with E-state index in [9.17, 15) is 4.79 Å². The third kappa shape index (κ3) is 4.18. The molecular weight excluding hydrogens is 198 g/mol. The predicted octanol–water partition coefficient (Wildman–Crippen LogP) is 0.676. The molecule has 1 aliphatic rings. The predicted molar refractivity (Wildman–Crippen MR) is 53.0 cm³/mol. The maximum absolute atomic E-state index is 10.8. The molecule has 0 saturated carbocycles. The average molecular weight is 212 g/mol. The van der Waals surface area contributed by atoms with Gasteiger partial charge in [0.15, 0.2) is 0 Å². The van der Waals surface area contributed by atoms with E-state index in [1.54, 1.807) is 0 Å². The van der Waals surface area contributed by atoms with Gasteiger partial charge in [0, 0.05) is 24.1 Å². The lowest BCUT2D eigenvalue weighted by Gasteiger charge is -2.21. The number of thioether (sulfide) groups is 1. The molecule has 1 saturated heterocycles. The Bertz CT molecular complexity index is 139. The van der Waals surface area contributed by atoms with Crippen LogP contribution in [-0.2, 0) is 9.53 Å². The normalized spacial score (nSPS) is 22.6. The van der Waals surface area contributed by atoms with Crippen molar-refractivity contribution in [1.29, 1.82) is 0 Å². The van der Waals surface area contributed by atoms with Crippen molar-refractivity contribution in [2.45, 2.75) is 12.5 Å². The molecular formula is C7H14ClNO2S. The number of hydrogen-bond donors (Lipinski definition) is 1. The van der Waals surface area contributed by atoms with Crippen LogP contribution in [0.4, 0.5) is 0 Å². The van der Waals surface area contributed by atoms with Gasteiger partial charge >= 0.3 is 5.97 Å². The Hall–Kier alpha value is 0.0700. The van der Waals surface area contributed by atoms with E-state index in [2.05, 4.69) is 10.1 Å². The minimum Gasteiger partial charge on any atom is -0.469 e. The van der Waals surface area contributed by atoms with E-state index >= 15 is 0 Å². The second kappa shape index (κ2) is 6.57. The van der Waals surface area contributed by atoms with Crippen LogP contribution in [0.1, 0.15) is 6.42 Å². The summed E-state index contributed by atoms with van der Waals surface area (Å²) in [6, 6.07) is 0.321. The van der Waals surface area contributed by atoms with Crippen molar-refractivity contribution in [1.82, 2.24) is 5.32 Å². The molecule has 5 heteroatoms. The lowest BCUT2D eigenvalue weighted by Crippen LogP contribution is -2.39. The van der Waals surface area contributed by atoms with E-state index in [0.717, 1.165) is 18.1 Å². The molecule has 0 bridgehead atoms. The van der Waals surface area contributed by atoms with Gasteiger partial charge < -0.3 is 10.1 Å². The maximum Gasteiger partial charge on any atom is 0.307 e. The summed E-state index contributed by atoms with van der Waals surface area (Å²) in [5, 5.41) is 3.26. The van der Waals surface area contributed by atoms with Gasteiger partial charge in [-0.25, -0.2) is 0 Å². The van der Waals surface area contributed by atoms with E-state index in [1.165, 1.54) is 7.11 Å². The SMILES string of the molecule is COC(=O)CC1CSCCN1.Cl. The smallest absolute Gasteiger partial charge is 0.307 e. The van der Waals surface area contributed by atoms with Crippen molar-refractivity contribution < 1.29 is 9.53 Å². The van der Waals surface area contributed by atoms with E-state index < -0.39 is 0 Å². The van der Waals surface area contributed by atoms with Crippen LogP contribution in [0.2, 0.25) is 0 Å². The Morgan fingerprint density at radius 3 is 3.00 bits per heavy atom. The van der Waals surface area contributed by atoms with Gasteiger partial charge in [0.25, 0.3) is 0 Å². The molecule has 12 heavy (non-hydrogen) atoms. The molecule has 1 heterocycles. The van der Waals surface area contributed by atoms with Crippen LogP contribution >= 0.6 is 24.2 Å². The van der Waals surface area contributed by atoms with E-state index in [-0.39, 0.29) is 18.4 Å². The lowest BCUT2D eigenvalue weighted by molar-refractivity contribution is -0.141. The van der Waals surface area contributed by atoms with Gasteiger partial charge in [-0.05, 0) is 0 Å². The first-order valence-corrected chi connectivity index (χ1v) is 4.86. The molecule has 1 rings (SSSR count). The summed E-state index contributed by atoms with van der Waals surface area (Å²) in [6.07, 6.45) is 0.503. The van der Waals surface area contributed by atoms with Crippen LogP contribution in [0.25, 0.3) is 0 Å². The molecule has 1 atom stereocenters. The summed E-state index contributed by atoms with van der Waals surface area (Å²) in [5.74, 6) is 2.05. The highest BCUT2D eigenvalue weighted by Crippen LogP contribution is 2.10. The highest BCUT2D eigenvalue weighted by atomic mass is 35.5. The second-order valence-corrected chi connectivity index (χ2v) is 3.66. The number of ether oxygens (including phenoxy) is 1. The fourth-order valence-electron chi connectivity index (χ4n) is 1.04. The Morgan fingerprint density at radius 2 is 2.50 bits per heavy atom. The van der Waals surface area contributed by atoms with Crippen molar-refractivity contribution >= 4 is 30.1 Å². The molecule has 1 fully saturated rings. The van der Waals surface area contributed by atoms with Crippen LogP contribution in [-0.4, -0.2) is 37.2 Å². The molecule has 0 amide bonds. The zero-order valence-corrected chi connectivity index (χ0v) is 8.67. The van der Waals surface area contributed by atoms with Crippen molar-refractivity contribution in [3.63, 3.8) is 0 Å². The molecule has 0 radical (unpaired) electrons. The van der Waals surface area contributed by atoms with Gasteiger partial charge in [0.1, 0.15) is 0 Å². The highest BCUT2D eigenvalue weighted by Gasteiger charge is 2.16. The van der Waals surface area contributed by atoms with Gasteiger partial charge in [-0.15, -0.1) is 12.4 Å². The topological polar surface area (TPSA) is 38.3 Å². The van der Waals surface area contributed by atoms with E-state index in [4.69, 9.17) is 0 Å². The molecule has 0 aromatic rings. The van der Waals surface area contributed by atoms with E-state index in [0.29, 0.717) is 12.5 Å². The van der Waals surface area contributed by atoms with Crippen molar-refractivity contribution in [3.8, 4) is 0 Å². The summed E-state index contributed by atoms with van der Waals surface area (Å²) in [7, 11) is 1.43. The first kappa shape index (κ1) is 12.1. The minimum absolute atomic E-state index is 0. The summed E-state index contributed by atoms with van der Waals surface area (Å²) in [5.41, 5.74) is 0. The van der Waals surface area contributed by atoms with Crippen molar-refractivity contribution in [2.75, 3.05) is 25.2 Å². The molecule has 72 valence electrons. The maximum atomic E-state index is 10.8. The van der Waals surface area contributed by atoms with E-state index in [1.807, 2.05) is 11.8 Å². The average Bonchev–Trinajstić information content (AvgIpc) is 2.06. The summed E-state index contributed by atoms with van der Waals surface area (Å²) < 4.78 is 4.56. The number of esters is 1. The molecule has 1 N–H and O–H groups in total. The number of nitrogens with one attached hydrogen (secondary N) is 1. The van der Waals surface area contributed by atoms with Crippen LogP contribution in [0.5, 0.6) is 0 Å². The first-order valence-electron chi connectivity index (χ1n) is 3.71. The van der Waals surface area contributed by atoms with Gasteiger partial charge in [-0.2, -0.15) is 11.8 Å². The van der Waals surface area contributed by atoms with Crippen LogP contribution in [0.3, 0.4) is 0 Å². The Morgan fingerprint density at radius 1 is 1.75 bits per heavy atom. The van der Waals surface area contributed by atoms with Gasteiger partial charge in [-0.1, -0.05) is 0 Å². The number of rotatable bonds is 2. The largest absolute Gasteiger partial charge is 0.469 e. The number of carbonyl (C=O) groups excluding carboxylic acids is 1. The lowest BCUT2D eigenvalue weighted by atomic mass is 10.2. The number of hydrogen-bond acceptors (Lipinski definition) is 4. The van der Waals surface area contributed by atoms with Crippen LogP contribution < -0.4 is 5.32 Å². The Kier molecular flexibility index (Phi) is 6.61. The van der Waals surface area contributed by atoms with Gasteiger partial charge in [0.2, 0.25) is 0 Å². The standard InChI is InChI=1S/C7H13NO2S.ClH/c1-10-7(9)4-6-5-11-3-2-8-6;/h6,8H,2-5H2,1H3;1H. The zero-order chi connectivity index (χ0) is 8.10. The van der Waals surface area contributed by atoms with Gasteiger partial charge in [0.05, 0.1) is 13.5 Å². The third-order valence-electron chi connectivity index (χ3n) is 1.64. The first-order chi connectivity index (χ1) is 5.33. The van der Waals surface area contributed by atoms with Gasteiger partial charge in [-0.3, -0.25) is 4.79 Å². The number of carbonyl (C=O) groups is 1. The number of methoxy groups -OCH3 is 1. The second-order valence-electron chi connectivity index (χ2n) is 2.51. The minimum atomic E-state index is -0.120. The zero-order valence-electron chi connectivity index (χ0n) is 7.04. The number of halogens is 1.